The summed E-state index contributed by atoms with van der Waals surface area (Å²) in [7, 11) is -3.61. The number of hydrogen-bond donors (Lipinski definition) is 0. The Morgan fingerprint density at radius 1 is 0.875 bits per heavy atom. The summed E-state index contributed by atoms with van der Waals surface area (Å²) in [6.07, 6.45) is 5.80. The van der Waals surface area contributed by atoms with Crippen LogP contribution in [0.1, 0.15) is 55.4 Å². The van der Waals surface area contributed by atoms with Crippen molar-refractivity contribution in [1.82, 2.24) is 0 Å². The Hall–Kier alpha value is -0.0862. The largest absolute Gasteiger partial charge is 0.416 e. The molecule has 142 valence electrons. The zero-order chi connectivity index (χ0) is 19.6. The highest BCUT2D eigenvalue weighted by atomic mass is 28.4. The van der Waals surface area contributed by atoms with Gasteiger partial charge in [-0.2, -0.15) is 0 Å². The Morgan fingerprint density at radius 3 is 1.62 bits per heavy atom. The van der Waals surface area contributed by atoms with E-state index in [1.807, 2.05) is 0 Å². The van der Waals surface area contributed by atoms with E-state index in [2.05, 4.69) is 87.5 Å². The van der Waals surface area contributed by atoms with Gasteiger partial charge in [0.05, 0.1) is 6.10 Å². The number of terminal acetylenes is 1. The monoisotopic (exact) mass is 370 g/mol. The second-order valence-corrected chi connectivity index (χ2v) is 19.9. The van der Waals surface area contributed by atoms with Crippen LogP contribution >= 0.6 is 0 Å². The third-order valence-electron chi connectivity index (χ3n) is 6.07. The van der Waals surface area contributed by atoms with Gasteiger partial charge in [-0.1, -0.05) is 48.5 Å². The predicted molar refractivity (Wildman–Crippen MR) is 112 cm³/mol. The molecular formula is C20H42O2Si2. The Labute approximate surface area is 154 Å². The van der Waals surface area contributed by atoms with Crippen LogP contribution < -0.4 is 0 Å². The molecule has 0 spiro atoms. The van der Waals surface area contributed by atoms with E-state index in [-0.39, 0.29) is 22.1 Å². The van der Waals surface area contributed by atoms with Crippen LogP contribution in [0.4, 0.5) is 0 Å². The van der Waals surface area contributed by atoms with E-state index >= 15 is 0 Å². The van der Waals surface area contributed by atoms with Crippen LogP contribution in [-0.2, 0) is 8.85 Å². The summed E-state index contributed by atoms with van der Waals surface area (Å²) in [6, 6.07) is 0. The van der Waals surface area contributed by atoms with Gasteiger partial charge < -0.3 is 8.85 Å². The van der Waals surface area contributed by atoms with E-state index in [4.69, 9.17) is 15.3 Å². The van der Waals surface area contributed by atoms with E-state index in [0.29, 0.717) is 5.92 Å². The Morgan fingerprint density at radius 2 is 1.29 bits per heavy atom. The maximum Gasteiger partial charge on any atom is 0.192 e. The third-order valence-corrected chi connectivity index (χ3v) is 15.0. The summed E-state index contributed by atoms with van der Waals surface area (Å²) in [5, 5.41) is 0.403. The molecule has 2 nitrogen and oxygen atoms in total. The van der Waals surface area contributed by atoms with Gasteiger partial charge in [0.25, 0.3) is 0 Å². The lowest BCUT2D eigenvalue weighted by Crippen LogP contribution is -2.49. The van der Waals surface area contributed by atoms with Gasteiger partial charge in [0, 0.05) is 18.4 Å². The molecule has 0 N–H and O–H groups in total. The Bertz CT molecular complexity index is 436. The van der Waals surface area contributed by atoms with E-state index < -0.39 is 16.6 Å². The minimum atomic E-state index is -1.86. The van der Waals surface area contributed by atoms with E-state index in [0.717, 1.165) is 6.61 Å². The van der Waals surface area contributed by atoms with Crippen molar-refractivity contribution in [2.24, 2.45) is 11.8 Å². The van der Waals surface area contributed by atoms with E-state index in [1.54, 1.807) is 0 Å². The molecule has 0 rings (SSSR count). The lowest BCUT2D eigenvalue weighted by Gasteiger charge is -2.43. The van der Waals surface area contributed by atoms with Crippen LogP contribution in [0.2, 0.25) is 36.3 Å². The first-order valence-electron chi connectivity index (χ1n) is 9.24. The minimum absolute atomic E-state index is 0.0562. The smallest absolute Gasteiger partial charge is 0.192 e. The highest BCUT2D eigenvalue weighted by molar-refractivity contribution is 6.74. The molecule has 0 aliphatic carbocycles. The van der Waals surface area contributed by atoms with Crippen LogP contribution in [0.5, 0.6) is 0 Å². The lowest BCUT2D eigenvalue weighted by atomic mass is 9.95. The maximum atomic E-state index is 6.70. The summed E-state index contributed by atoms with van der Waals surface area (Å²) in [5.74, 6) is 3.29. The van der Waals surface area contributed by atoms with Gasteiger partial charge in [-0.05, 0) is 43.2 Å². The molecule has 4 heteroatoms. The molecule has 0 unspecified atom stereocenters. The molecule has 24 heavy (non-hydrogen) atoms. The van der Waals surface area contributed by atoms with Crippen molar-refractivity contribution in [3.8, 4) is 12.3 Å². The molecule has 0 aromatic heterocycles. The van der Waals surface area contributed by atoms with Gasteiger partial charge in [-0.3, -0.25) is 0 Å². The number of rotatable bonds is 7. The fraction of sp³-hybridized carbons (Fsp3) is 0.900. The second-order valence-electron chi connectivity index (χ2n) is 10.3. The zero-order valence-corrected chi connectivity index (χ0v) is 20.3. The predicted octanol–water partition coefficient (Wildman–Crippen LogP) is 6.30. The molecule has 0 aromatic rings. The van der Waals surface area contributed by atoms with Crippen LogP contribution in [0, 0.1) is 24.2 Å². The molecule has 0 aromatic carbocycles. The molecule has 0 saturated heterocycles. The standard InChI is InChI=1S/C20H42O2Si2/c1-14-16(2)18(22-24(12,13)20(7,8)9)17(3)15-21-23(10,11)19(4,5)6/h1,16-18H,15H2,2-13H3/t16-,17+,18-/m0/s1. The quantitative estimate of drug-likeness (QED) is 0.386. The van der Waals surface area contributed by atoms with Crippen molar-refractivity contribution in [1.29, 1.82) is 0 Å². The first-order valence-corrected chi connectivity index (χ1v) is 15.1. The molecule has 0 heterocycles. The third kappa shape index (κ3) is 6.33. The average molecular weight is 371 g/mol. The van der Waals surface area contributed by atoms with Gasteiger partial charge >= 0.3 is 0 Å². The van der Waals surface area contributed by atoms with Crippen LogP contribution in [0.15, 0.2) is 0 Å². The van der Waals surface area contributed by atoms with Crippen LogP contribution in [0.25, 0.3) is 0 Å². The fourth-order valence-corrected chi connectivity index (χ4v) is 4.56. The van der Waals surface area contributed by atoms with Crippen molar-refractivity contribution < 1.29 is 8.85 Å². The SMILES string of the molecule is C#C[C@H](C)[C@H](O[Si](C)(C)C(C)(C)C)[C@H](C)CO[Si](C)(C)C(C)(C)C. The van der Waals surface area contributed by atoms with Gasteiger partial charge in [0.2, 0.25) is 0 Å². The molecule has 0 saturated carbocycles. The normalized spacial score (nSPS) is 18.0. The molecule has 0 fully saturated rings. The Balaban J connectivity index is 5.19. The molecule has 3 atom stereocenters. The van der Waals surface area contributed by atoms with Crippen LogP contribution in [-0.4, -0.2) is 29.3 Å². The highest BCUT2D eigenvalue weighted by Gasteiger charge is 2.42. The molecule has 0 radical (unpaired) electrons. The van der Waals surface area contributed by atoms with Crippen molar-refractivity contribution >= 4 is 16.6 Å². The first kappa shape index (κ1) is 23.9. The average Bonchev–Trinajstić information content (AvgIpc) is 2.38. The second kappa shape index (κ2) is 8.08. The highest BCUT2D eigenvalue weighted by Crippen LogP contribution is 2.40. The summed E-state index contributed by atoms with van der Waals surface area (Å²) >= 11 is 0. The molecule has 0 bridgehead atoms. The fourth-order valence-electron chi connectivity index (χ4n) is 1.97. The first-order chi connectivity index (χ1) is 10.5. The van der Waals surface area contributed by atoms with Crippen molar-refractivity contribution in [3.63, 3.8) is 0 Å². The summed E-state index contributed by atoms with van der Waals surface area (Å²) in [6.45, 7) is 27.9. The van der Waals surface area contributed by atoms with Gasteiger partial charge in [0.1, 0.15) is 0 Å². The van der Waals surface area contributed by atoms with Gasteiger partial charge in [0.15, 0.2) is 16.6 Å². The molecule has 0 amide bonds. The number of hydrogen-bond acceptors (Lipinski definition) is 2. The van der Waals surface area contributed by atoms with Gasteiger partial charge in [-0.25, -0.2) is 0 Å². The topological polar surface area (TPSA) is 18.5 Å². The van der Waals surface area contributed by atoms with Crippen molar-refractivity contribution in [3.05, 3.63) is 0 Å². The molecule has 0 aliphatic rings. The van der Waals surface area contributed by atoms with Crippen molar-refractivity contribution in [2.75, 3.05) is 6.61 Å². The minimum Gasteiger partial charge on any atom is -0.416 e. The summed E-state index contributed by atoms with van der Waals surface area (Å²) in [4.78, 5) is 0. The molecule has 0 aliphatic heterocycles. The van der Waals surface area contributed by atoms with Gasteiger partial charge in [-0.15, -0.1) is 12.3 Å². The van der Waals surface area contributed by atoms with Crippen molar-refractivity contribution in [2.45, 2.75) is 97.8 Å². The summed E-state index contributed by atoms with van der Waals surface area (Å²) < 4.78 is 13.1. The van der Waals surface area contributed by atoms with E-state index in [1.165, 1.54) is 0 Å². The Kier molecular flexibility index (Phi) is 8.05. The van der Waals surface area contributed by atoms with Crippen LogP contribution in [0.3, 0.4) is 0 Å². The summed E-state index contributed by atoms with van der Waals surface area (Å²) in [5.41, 5.74) is 0. The maximum absolute atomic E-state index is 6.70. The van der Waals surface area contributed by atoms with E-state index in [9.17, 15) is 0 Å². The molecular weight excluding hydrogens is 328 g/mol. The zero-order valence-electron chi connectivity index (χ0n) is 18.3. The lowest BCUT2D eigenvalue weighted by molar-refractivity contribution is 0.0653.